The fourth-order valence-electron chi connectivity index (χ4n) is 2.18. The molecular formula is C14H10FN5. The summed E-state index contributed by atoms with van der Waals surface area (Å²) in [6.45, 7) is 1.81. The summed E-state index contributed by atoms with van der Waals surface area (Å²) >= 11 is 0. The number of halogens is 1. The minimum atomic E-state index is -0.566. The minimum absolute atomic E-state index is 0.0185. The van der Waals surface area contributed by atoms with E-state index >= 15 is 0 Å². The van der Waals surface area contributed by atoms with E-state index in [-0.39, 0.29) is 5.56 Å². The van der Waals surface area contributed by atoms with Gasteiger partial charge in [0.25, 0.3) is 0 Å². The van der Waals surface area contributed by atoms with Gasteiger partial charge in [0.1, 0.15) is 18.2 Å². The lowest BCUT2D eigenvalue weighted by Crippen LogP contribution is -1.99. The zero-order valence-corrected chi connectivity index (χ0v) is 10.6. The second kappa shape index (κ2) is 4.31. The number of nitriles is 1. The third-order valence-corrected chi connectivity index (χ3v) is 3.11. The van der Waals surface area contributed by atoms with Crippen LogP contribution < -0.4 is 5.73 Å². The molecule has 0 spiro atoms. The Morgan fingerprint density at radius 1 is 1.30 bits per heavy atom. The monoisotopic (exact) mass is 267 g/mol. The van der Waals surface area contributed by atoms with E-state index in [4.69, 9.17) is 11.0 Å². The molecule has 2 aromatic heterocycles. The van der Waals surface area contributed by atoms with Crippen LogP contribution in [0.3, 0.4) is 0 Å². The van der Waals surface area contributed by atoms with E-state index in [1.807, 2.05) is 13.0 Å². The summed E-state index contributed by atoms with van der Waals surface area (Å²) in [6, 6.07) is 8.05. The molecule has 0 saturated carbocycles. The molecule has 3 rings (SSSR count). The molecule has 3 aromatic rings. The van der Waals surface area contributed by atoms with Gasteiger partial charge in [-0.2, -0.15) is 10.4 Å². The molecule has 2 heterocycles. The molecule has 0 aliphatic rings. The quantitative estimate of drug-likeness (QED) is 0.733. The van der Waals surface area contributed by atoms with Crippen molar-refractivity contribution in [2.75, 3.05) is 5.73 Å². The summed E-state index contributed by atoms with van der Waals surface area (Å²) in [5, 5.41) is 13.0. The number of aryl methyl sites for hydroxylation is 1. The molecule has 0 fully saturated rings. The number of nitrogens with zero attached hydrogens (tertiary/aromatic N) is 4. The Bertz CT molecular complexity index is 860. The van der Waals surface area contributed by atoms with E-state index in [1.54, 1.807) is 16.6 Å². The van der Waals surface area contributed by atoms with Crippen LogP contribution in [0.2, 0.25) is 0 Å². The molecule has 0 saturated heterocycles. The van der Waals surface area contributed by atoms with Crippen molar-refractivity contribution < 1.29 is 4.39 Å². The van der Waals surface area contributed by atoms with E-state index < -0.39 is 5.82 Å². The van der Waals surface area contributed by atoms with Crippen LogP contribution in [0.5, 0.6) is 0 Å². The SMILES string of the molecule is Cc1cc(C#N)c(F)cc1-c1cc(N)cc2ncnn12. The maximum atomic E-state index is 13.8. The number of hydrogen-bond donors (Lipinski definition) is 1. The van der Waals surface area contributed by atoms with Crippen LogP contribution in [-0.4, -0.2) is 14.6 Å². The molecule has 0 radical (unpaired) electrons. The Kier molecular flexibility index (Phi) is 2.61. The Balaban J connectivity index is 2.34. The van der Waals surface area contributed by atoms with Crippen molar-refractivity contribution >= 4 is 11.3 Å². The Hall–Kier alpha value is -2.94. The van der Waals surface area contributed by atoms with Gasteiger partial charge in [0.05, 0.1) is 11.3 Å². The van der Waals surface area contributed by atoms with E-state index in [0.717, 1.165) is 5.56 Å². The minimum Gasteiger partial charge on any atom is -0.399 e. The van der Waals surface area contributed by atoms with Crippen molar-refractivity contribution in [3.63, 3.8) is 0 Å². The highest BCUT2D eigenvalue weighted by Crippen LogP contribution is 2.28. The first-order valence-corrected chi connectivity index (χ1v) is 5.90. The molecule has 0 amide bonds. The van der Waals surface area contributed by atoms with Crippen LogP contribution in [0.15, 0.2) is 30.6 Å². The molecule has 2 N–H and O–H groups in total. The smallest absolute Gasteiger partial charge is 0.158 e. The van der Waals surface area contributed by atoms with Crippen LogP contribution in [0, 0.1) is 24.1 Å². The number of nitrogen functional groups attached to an aromatic ring is 1. The number of anilines is 1. The van der Waals surface area contributed by atoms with Gasteiger partial charge in [0.15, 0.2) is 5.65 Å². The average Bonchev–Trinajstić information content (AvgIpc) is 2.88. The van der Waals surface area contributed by atoms with Gasteiger partial charge in [-0.3, -0.25) is 0 Å². The number of benzene rings is 1. The summed E-state index contributed by atoms with van der Waals surface area (Å²) in [6.07, 6.45) is 1.41. The van der Waals surface area contributed by atoms with Crippen molar-refractivity contribution in [3.05, 3.63) is 47.5 Å². The van der Waals surface area contributed by atoms with Crippen molar-refractivity contribution in [1.82, 2.24) is 14.6 Å². The summed E-state index contributed by atoms with van der Waals surface area (Å²) in [5.74, 6) is -0.566. The first kappa shape index (κ1) is 12.1. The first-order chi connectivity index (χ1) is 9.60. The number of fused-ring (bicyclic) bond motifs is 1. The molecule has 5 nitrogen and oxygen atoms in total. The van der Waals surface area contributed by atoms with Crippen LogP contribution in [-0.2, 0) is 0 Å². The van der Waals surface area contributed by atoms with Crippen LogP contribution in [0.1, 0.15) is 11.1 Å². The number of rotatable bonds is 1. The normalized spacial score (nSPS) is 10.7. The number of aromatic nitrogens is 3. The predicted octanol–water partition coefficient (Wildman–Crippen LogP) is 2.30. The molecule has 1 aromatic carbocycles. The highest BCUT2D eigenvalue weighted by atomic mass is 19.1. The molecule has 0 bridgehead atoms. The zero-order valence-electron chi connectivity index (χ0n) is 10.6. The second-order valence-electron chi connectivity index (χ2n) is 4.46. The molecule has 0 unspecified atom stereocenters. The summed E-state index contributed by atoms with van der Waals surface area (Å²) in [7, 11) is 0. The summed E-state index contributed by atoms with van der Waals surface area (Å²) in [5.41, 5.74) is 9.00. The lowest BCUT2D eigenvalue weighted by Gasteiger charge is -2.10. The maximum Gasteiger partial charge on any atom is 0.158 e. The van der Waals surface area contributed by atoms with E-state index in [2.05, 4.69) is 10.1 Å². The van der Waals surface area contributed by atoms with Gasteiger partial charge in [-0.1, -0.05) is 0 Å². The molecule has 0 aliphatic carbocycles. The van der Waals surface area contributed by atoms with E-state index in [9.17, 15) is 4.39 Å². The third kappa shape index (κ3) is 1.77. The van der Waals surface area contributed by atoms with Gasteiger partial charge in [-0.05, 0) is 30.7 Å². The van der Waals surface area contributed by atoms with E-state index in [1.165, 1.54) is 18.5 Å². The Labute approximate surface area is 114 Å². The van der Waals surface area contributed by atoms with Gasteiger partial charge in [-0.25, -0.2) is 13.9 Å². The number of pyridine rings is 1. The Morgan fingerprint density at radius 3 is 2.85 bits per heavy atom. The van der Waals surface area contributed by atoms with Gasteiger partial charge < -0.3 is 5.73 Å². The van der Waals surface area contributed by atoms with Crippen molar-refractivity contribution in [2.45, 2.75) is 6.92 Å². The van der Waals surface area contributed by atoms with Crippen molar-refractivity contribution in [1.29, 1.82) is 5.26 Å². The molecule has 6 heteroatoms. The van der Waals surface area contributed by atoms with Crippen LogP contribution in [0.25, 0.3) is 16.9 Å². The molecule has 20 heavy (non-hydrogen) atoms. The Morgan fingerprint density at radius 2 is 2.10 bits per heavy atom. The largest absolute Gasteiger partial charge is 0.399 e. The van der Waals surface area contributed by atoms with E-state index in [0.29, 0.717) is 22.6 Å². The van der Waals surface area contributed by atoms with Gasteiger partial charge in [0, 0.05) is 17.3 Å². The lowest BCUT2D eigenvalue weighted by atomic mass is 10.0. The average molecular weight is 267 g/mol. The topological polar surface area (TPSA) is 80.0 Å². The van der Waals surface area contributed by atoms with Gasteiger partial charge in [0.2, 0.25) is 0 Å². The third-order valence-electron chi connectivity index (χ3n) is 3.11. The van der Waals surface area contributed by atoms with Crippen molar-refractivity contribution in [2.24, 2.45) is 0 Å². The highest BCUT2D eigenvalue weighted by Gasteiger charge is 2.13. The molecule has 98 valence electrons. The van der Waals surface area contributed by atoms with Crippen molar-refractivity contribution in [3.8, 4) is 17.3 Å². The molecule has 0 atom stereocenters. The van der Waals surface area contributed by atoms with Gasteiger partial charge >= 0.3 is 0 Å². The molecule has 0 aliphatic heterocycles. The van der Waals surface area contributed by atoms with Crippen LogP contribution >= 0.6 is 0 Å². The van der Waals surface area contributed by atoms with Gasteiger partial charge in [-0.15, -0.1) is 0 Å². The fourth-order valence-corrected chi connectivity index (χ4v) is 2.18. The maximum absolute atomic E-state index is 13.8. The first-order valence-electron chi connectivity index (χ1n) is 5.90. The summed E-state index contributed by atoms with van der Waals surface area (Å²) in [4.78, 5) is 4.08. The second-order valence-corrected chi connectivity index (χ2v) is 4.46. The molecular weight excluding hydrogens is 257 g/mol. The standard InChI is InChI=1S/C14H10FN5/c1-8-2-9(6-16)12(15)5-11(8)13-3-10(17)4-14-18-7-19-20(13)14/h2-5,7H,17H2,1H3. The highest BCUT2D eigenvalue weighted by molar-refractivity contribution is 5.71. The number of nitrogens with two attached hydrogens (primary N) is 1. The lowest BCUT2D eigenvalue weighted by molar-refractivity contribution is 0.624. The fraction of sp³-hybridized carbons (Fsp3) is 0.0714. The summed E-state index contributed by atoms with van der Waals surface area (Å²) < 4.78 is 15.4. The number of hydrogen-bond acceptors (Lipinski definition) is 4. The zero-order chi connectivity index (χ0) is 14.3. The van der Waals surface area contributed by atoms with Crippen LogP contribution in [0.4, 0.5) is 10.1 Å². The predicted molar refractivity (Wildman–Crippen MR) is 72.2 cm³/mol.